The van der Waals surface area contributed by atoms with Gasteiger partial charge >= 0.3 is 0 Å². The SMILES string of the molecule is COCC1OC(OC2C(COI)OC(OC(C)(C)C)C(O)C2O)C(O)C(O)C1C(C)(C)C. The molecule has 2 aliphatic rings. The van der Waals surface area contributed by atoms with Crippen molar-refractivity contribution in [2.45, 2.75) is 102 Å². The number of hydrogen-bond donors (Lipinski definition) is 4. The van der Waals surface area contributed by atoms with E-state index >= 15 is 0 Å². The van der Waals surface area contributed by atoms with Gasteiger partial charge in [-0.05, 0) is 26.2 Å². The summed E-state index contributed by atoms with van der Waals surface area (Å²) in [5, 5.41) is 43.1. The van der Waals surface area contributed by atoms with Crippen LogP contribution < -0.4 is 0 Å². The molecule has 2 saturated heterocycles. The first kappa shape index (κ1) is 28.6. The predicted molar refractivity (Wildman–Crippen MR) is 122 cm³/mol. The van der Waals surface area contributed by atoms with Crippen LogP contribution in [0.5, 0.6) is 0 Å². The molecule has 11 heteroatoms. The van der Waals surface area contributed by atoms with Crippen molar-refractivity contribution in [3.8, 4) is 0 Å². The second kappa shape index (κ2) is 11.4. The summed E-state index contributed by atoms with van der Waals surface area (Å²) in [6, 6.07) is 0. The third kappa shape index (κ3) is 6.94. The highest BCUT2D eigenvalue weighted by Gasteiger charge is 2.53. The van der Waals surface area contributed by atoms with E-state index in [0.717, 1.165) is 0 Å². The molecule has 2 fully saturated rings. The fourth-order valence-corrected chi connectivity index (χ4v) is 4.65. The summed E-state index contributed by atoms with van der Waals surface area (Å²) < 4.78 is 33.9. The van der Waals surface area contributed by atoms with Crippen molar-refractivity contribution in [1.29, 1.82) is 0 Å². The van der Waals surface area contributed by atoms with Crippen LogP contribution in [0.3, 0.4) is 0 Å². The molecule has 0 amide bonds. The molecule has 2 heterocycles. The van der Waals surface area contributed by atoms with Crippen molar-refractivity contribution in [3.63, 3.8) is 0 Å². The van der Waals surface area contributed by atoms with Crippen molar-refractivity contribution in [2.24, 2.45) is 11.3 Å². The zero-order chi connectivity index (χ0) is 24.4. The van der Waals surface area contributed by atoms with E-state index < -0.39 is 66.8 Å². The molecular formula is C21H39IO10. The summed E-state index contributed by atoms with van der Waals surface area (Å²) in [4.78, 5) is 0. The summed E-state index contributed by atoms with van der Waals surface area (Å²) in [7, 11) is 1.52. The molecule has 0 saturated carbocycles. The van der Waals surface area contributed by atoms with Crippen LogP contribution in [0.4, 0.5) is 0 Å². The Morgan fingerprint density at radius 3 is 1.84 bits per heavy atom. The summed E-state index contributed by atoms with van der Waals surface area (Å²) in [6.45, 7) is 11.4. The van der Waals surface area contributed by atoms with E-state index in [0.29, 0.717) is 0 Å². The number of aliphatic hydroxyl groups excluding tert-OH is 4. The Labute approximate surface area is 204 Å². The average molecular weight is 578 g/mol. The number of hydrogen-bond acceptors (Lipinski definition) is 10. The van der Waals surface area contributed by atoms with Gasteiger partial charge in [0.2, 0.25) is 0 Å². The van der Waals surface area contributed by atoms with Gasteiger partial charge in [0.25, 0.3) is 0 Å². The van der Waals surface area contributed by atoms with E-state index in [-0.39, 0.29) is 18.6 Å². The summed E-state index contributed by atoms with van der Waals surface area (Å²) in [5.74, 6) is -0.423. The molecule has 2 rings (SSSR count). The fourth-order valence-electron chi connectivity index (χ4n) is 4.29. The van der Waals surface area contributed by atoms with E-state index in [4.69, 9.17) is 26.8 Å². The number of methoxy groups -OCH3 is 1. The highest BCUT2D eigenvalue weighted by molar-refractivity contribution is 14.1. The highest BCUT2D eigenvalue weighted by Crippen LogP contribution is 2.40. The van der Waals surface area contributed by atoms with Gasteiger partial charge in [-0.15, -0.1) is 0 Å². The summed E-state index contributed by atoms with van der Waals surface area (Å²) in [6.07, 6.45) is -10.3. The normalized spacial score (nSPS) is 41.6. The lowest BCUT2D eigenvalue weighted by Gasteiger charge is -2.50. The molecule has 10 nitrogen and oxygen atoms in total. The maximum absolute atomic E-state index is 10.9. The maximum atomic E-state index is 10.9. The molecule has 0 aliphatic carbocycles. The molecule has 2 aliphatic heterocycles. The maximum Gasteiger partial charge on any atom is 0.187 e. The van der Waals surface area contributed by atoms with Gasteiger partial charge in [-0.1, -0.05) is 20.8 Å². The van der Waals surface area contributed by atoms with Crippen LogP contribution in [-0.4, -0.2) is 102 Å². The van der Waals surface area contributed by atoms with E-state index in [1.807, 2.05) is 20.8 Å². The van der Waals surface area contributed by atoms with Gasteiger partial charge in [0.15, 0.2) is 12.6 Å². The first-order chi connectivity index (χ1) is 14.7. The molecular weight excluding hydrogens is 539 g/mol. The van der Waals surface area contributed by atoms with Gasteiger partial charge in [0, 0.05) is 13.0 Å². The van der Waals surface area contributed by atoms with Gasteiger partial charge in [0.1, 0.15) is 53.5 Å². The average Bonchev–Trinajstić information content (AvgIpc) is 2.64. The third-order valence-electron chi connectivity index (χ3n) is 5.67. The highest BCUT2D eigenvalue weighted by atomic mass is 127. The molecule has 10 unspecified atom stereocenters. The van der Waals surface area contributed by atoms with Crippen molar-refractivity contribution in [2.75, 3.05) is 20.3 Å². The minimum absolute atomic E-state index is 0.0243. The van der Waals surface area contributed by atoms with Gasteiger partial charge in [-0.25, -0.2) is 0 Å². The first-order valence-electron chi connectivity index (χ1n) is 10.8. The van der Waals surface area contributed by atoms with Gasteiger partial charge in [0.05, 0.1) is 31.0 Å². The lowest BCUT2D eigenvalue weighted by molar-refractivity contribution is -0.366. The second-order valence-corrected chi connectivity index (χ2v) is 11.1. The van der Waals surface area contributed by atoms with Crippen molar-refractivity contribution < 1.29 is 47.2 Å². The van der Waals surface area contributed by atoms with Crippen LogP contribution in [-0.2, 0) is 26.8 Å². The molecule has 4 N–H and O–H groups in total. The Hall–Kier alpha value is 0.330. The Bertz CT molecular complexity index is 580. The monoisotopic (exact) mass is 578 g/mol. The Morgan fingerprint density at radius 2 is 1.34 bits per heavy atom. The van der Waals surface area contributed by atoms with Crippen LogP contribution in [0.15, 0.2) is 0 Å². The van der Waals surface area contributed by atoms with Crippen LogP contribution in [0, 0.1) is 11.3 Å². The smallest absolute Gasteiger partial charge is 0.187 e. The first-order valence-corrected chi connectivity index (χ1v) is 11.7. The Kier molecular flexibility index (Phi) is 10.2. The lowest BCUT2D eigenvalue weighted by atomic mass is 9.71. The molecule has 0 radical (unpaired) electrons. The van der Waals surface area contributed by atoms with Crippen LogP contribution in [0.1, 0.15) is 41.5 Å². The molecule has 0 aromatic heterocycles. The zero-order valence-electron chi connectivity index (χ0n) is 19.8. The largest absolute Gasteiger partial charge is 0.390 e. The van der Waals surface area contributed by atoms with Crippen LogP contribution >= 0.6 is 23.0 Å². The molecule has 0 aromatic rings. The van der Waals surface area contributed by atoms with Gasteiger partial charge in [-0.2, -0.15) is 0 Å². The Balaban J connectivity index is 2.22. The minimum atomic E-state index is -1.41. The van der Waals surface area contributed by atoms with Gasteiger partial charge in [-0.3, -0.25) is 0 Å². The van der Waals surface area contributed by atoms with Crippen molar-refractivity contribution >= 4 is 23.0 Å². The minimum Gasteiger partial charge on any atom is -0.390 e. The van der Waals surface area contributed by atoms with Gasteiger partial charge < -0.3 is 47.2 Å². The van der Waals surface area contributed by atoms with Crippen molar-refractivity contribution in [1.82, 2.24) is 0 Å². The molecule has 190 valence electrons. The summed E-state index contributed by atoms with van der Waals surface area (Å²) in [5.41, 5.74) is -1.01. The van der Waals surface area contributed by atoms with Crippen LogP contribution in [0.25, 0.3) is 0 Å². The molecule has 0 aromatic carbocycles. The van der Waals surface area contributed by atoms with E-state index in [1.54, 1.807) is 43.8 Å². The topological polar surface area (TPSA) is 136 Å². The lowest BCUT2D eigenvalue weighted by Crippen LogP contribution is -2.65. The molecule has 10 atom stereocenters. The standard InChI is InChI=1S/C21H39IO10/c1-20(2,3)12-10(8-27-7)29-18(15(25)13(12)23)31-17-11(9-28-22)30-19(16(26)14(17)24)32-21(4,5)6/h10-19,23-26H,8-9H2,1-7H3. The predicted octanol–water partition coefficient (Wildman–Crippen LogP) is 0.755. The zero-order valence-corrected chi connectivity index (χ0v) is 22.0. The second-order valence-electron chi connectivity index (χ2n) is 10.5. The molecule has 32 heavy (non-hydrogen) atoms. The van der Waals surface area contributed by atoms with E-state index in [9.17, 15) is 20.4 Å². The number of aliphatic hydroxyl groups is 4. The summed E-state index contributed by atoms with van der Waals surface area (Å²) >= 11 is 1.69. The number of ether oxygens (including phenoxy) is 5. The Morgan fingerprint density at radius 1 is 0.781 bits per heavy atom. The number of rotatable bonds is 7. The van der Waals surface area contributed by atoms with Crippen molar-refractivity contribution in [3.05, 3.63) is 0 Å². The fraction of sp³-hybridized carbons (Fsp3) is 1.00. The van der Waals surface area contributed by atoms with Crippen LogP contribution in [0.2, 0.25) is 0 Å². The quantitative estimate of drug-likeness (QED) is 0.321. The van der Waals surface area contributed by atoms with E-state index in [1.165, 1.54) is 7.11 Å². The van der Waals surface area contributed by atoms with E-state index in [2.05, 4.69) is 0 Å². The molecule has 0 bridgehead atoms. The number of halogens is 1. The third-order valence-corrected chi connectivity index (χ3v) is 6.03. The molecule has 0 spiro atoms.